The van der Waals surface area contributed by atoms with Gasteiger partial charge in [0, 0.05) is 19.6 Å². The summed E-state index contributed by atoms with van der Waals surface area (Å²) in [6, 6.07) is -0.554. The van der Waals surface area contributed by atoms with Crippen LogP contribution in [0, 0.1) is 11.8 Å². The van der Waals surface area contributed by atoms with Crippen LogP contribution in [0.3, 0.4) is 0 Å². The van der Waals surface area contributed by atoms with Crippen LogP contribution >= 0.6 is 0 Å². The first-order valence-electron chi connectivity index (χ1n) is 8.34. The number of rotatable bonds is 8. The number of likely N-dealkylation sites (tertiary alicyclic amines) is 1. The zero-order valence-corrected chi connectivity index (χ0v) is 14.5. The van der Waals surface area contributed by atoms with Gasteiger partial charge in [-0.3, -0.25) is 9.59 Å². The van der Waals surface area contributed by atoms with Crippen molar-refractivity contribution >= 4 is 11.8 Å². The first kappa shape index (κ1) is 18.9. The molecule has 22 heavy (non-hydrogen) atoms. The first-order valence-corrected chi connectivity index (χ1v) is 8.34. The molecule has 1 saturated heterocycles. The van der Waals surface area contributed by atoms with Gasteiger partial charge in [0.2, 0.25) is 11.8 Å². The monoisotopic (exact) mass is 312 g/mol. The molecule has 0 saturated carbocycles. The van der Waals surface area contributed by atoms with Crippen LogP contribution in [0.1, 0.15) is 33.6 Å². The van der Waals surface area contributed by atoms with Gasteiger partial charge in [-0.15, -0.1) is 0 Å². The SMILES string of the molecule is CCCN(C)CC1CCN(C(=O)CNC(=O)[C@@H](N)C(C)C)C1. The number of carbonyl (C=O) groups is 2. The van der Waals surface area contributed by atoms with E-state index < -0.39 is 6.04 Å². The molecule has 1 unspecified atom stereocenters. The lowest BCUT2D eigenvalue weighted by Gasteiger charge is -2.21. The summed E-state index contributed by atoms with van der Waals surface area (Å²) in [7, 11) is 2.13. The maximum atomic E-state index is 12.2. The Balaban J connectivity index is 2.31. The maximum Gasteiger partial charge on any atom is 0.241 e. The summed E-state index contributed by atoms with van der Waals surface area (Å²) in [5.41, 5.74) is 5.76. The highest BCUT2D eigenvalue weighted by molar-refractivity contribution is 5.87. The van der Waals surface area contributed by atoms with E-state index >= 15 is 0 Å². The van der Waals surface area contributed by atoms with E-state index in [1.807, 2.05) is 18.7 Å². The second-order valence-corrected chi connectivity index (χ2v) is 6.74. The molecule has 1 rings (SSSR count). The van der Waals surface area contributed by atoms with Crippen LogP contribution in [0.2, 0.25) is 0 Å². The van der Waals surface area contributed by atoms with E-state index in [1.54, 1.807) is 0 Å². The molecular formula is C16H32N4O2. The van der Waals surface area contributed by atoms with Gasteiger partial charge in [0.25, 0.3) is 0 Å². The zero-order chi connectivity index (χ0) is 16.7. The Kier molecular flexibility index (Phi) is 7.82. The van der Waals surface area contributed by atoms with Crippen molar-refractivity contribution in [2.45, 2.75) is 39.7 Å². The maximum absolute atomic E-state index is 12.2. The molecule has 0 aliphatic carbocycles. The molecule has 1 aliphatic heterocycles. The molecule has 6 heteroatoms. The van der Waals surface area contributed by atoms with Gasteiger partial charge in [0.05, 0.1) is 12.6 Å². The first-order chi connectivity index (χ1) is 10.3. The molecular weight excluding hydrogens is 280 g/mol. The minimum atomic E-state index is -0.554. The second kappa shape index (κ2) is 9.10. The summed E-state index contributed by atoms with van der Waals surface area (Å²) in [4.78, 5) is 28.1. The van der Waals surface area contributed by atoms with Crippen LogP contribution in [0.15, 0.2) is 0 Å². The van der Waals surface area contributed by atoms with E-state index in [9.17, 15) is 9.59 Å². The average molecular weight is 312 g/mol. The number of amides is 2. The van der Waals surface area contributed by atoms with Gasteiger partial charge in [-0.05, 0) is 38.3 Å². The molecule has 0 spiro atoms. The molecule has 1 aliphatic rings. The van der Waals surface area contributed by atoms with Crippen molar-refractivity contribution < 1.29 is 9.59 Å². The zero-order valence-electron chi connectivity index (χ0n) is 14.5. The number of hydrogen-bond acceptors (Lipinski definition) is 4. The van der Waals surface area contributed by atoms with E-state index in [-0.39, 0.29) is 24.3 Å². The van der Waals surface area contributed by atoms with Gasteiger partial charge in [-0.25, -0.2) is 0 Å². The summed E-state index contributed by atoms with van der Waals surface area (Å²) in [6.45, 7) is 9.71. The standard InChI is InChI=1S/C16H32N4O2/c1-5-7-19(4)10-13-6-8-20(11-13)14(21)9-18-16(22)15(17)12(2)3/h12-13,15H,5-11,17H2,1-4H3,(H,18,22)/t13?,15-/m0/s1. The van der Waals surface area contributed by atoms with Crippen LogP contribution < -0.4 is 11.1 Å². The van der Waals surface area contributed by atoms with Gasteiger partial charge >= 0.3 is 0 Å². The van der Waals surface area contributed by atoms with Crippen LogP contribution in [-0.4, -0.2) is 67.4 Å². The number of hydrogen-bond donors (Lipinski definition) is 2. The third-order valence-corrected chi connectivity index (χ3v) is 4.25. The molecule has 0 aromatic heterocycles. The molecule has 0 bridgehead atoms. The molecule has 6 nitrogen and oxygen atoms in total. The molecule has 0 radical (unpaired) electrons. The predicted molar refractivity (Wildman–Crippen MR) is 88.3 cm³/mol. The fourth-order valence-corrected chi connectivity index (χ4v) is 2.82. The Labute approximate surface area is 134 Å². The van der Waals surface area contributed by atoms with Crippen molar-refractivity contribution in [3.05, 3.63) is 0 Å². The number of carbonyl (C=O) groups excluding carboxylic acids is 2. The third kappa shape index (κ3) is 5.93. The van der Waals surface area contributed by atoms with E-state index in [0.717, 1.165) is 39.0 Å². The summed E-state index contributed by atoms with van der Waals surface area (Å²) in [6.07, 6.45) is 2.19. The smallest absolute Gasteiger partial charge is 0.241 e. The van der Waals surface area contributed by atoms with E-state index in [2.05, 4.69) is 24.2 Å². The van der Waals surface area contributed by atoms with Crippen molar-refractivity contribution in [1.82, 2.24) is 15.1 Å². The predicted octanol–water partition coefficient (Wildman–Crippen LogP) is 0.276. The molecule has 0 aromatic carbocycles. The molecule has 3 N–H and O–H groups in total. The third-order valence-electron chi connectivity index (χ3n) is 4.25. The van der Waals surface area contributed by atoms with Crippen molar-refractivity contribution in [1.29, 1.82) is 0 Å². The highest BCUT2D eigenvalue weighted by atomic mass is 16.2. The van der Waals surface area contributed by atoms with Crippen LogP contribution in [0.5, 0.6) is 0 Å². The Morgan fingerprint density at radius 2 is 2.09 bits per heavy atom. The average Bonchev–Trinajstić information content (AvgIpc) is 2.92. The summed E-state index contributed by atoms with van der Waals surface area (Å²) >= 11 is 0. The van der Waals surface area contributed by atoms with Gasteiger partial charge in [0.1, 0.15) is 0 Å². The Morgan fingerprint density at radius 1 is 1.41 bits per heavy atom. The van der Waals surface area contributed by atoms with E-state index in [1.165, 1.54) is 0 Å². The number of nitrogens with one attached hydrogen (secondary N) is 1. The van der Waals surface area contributed by atoms with Crippen LogP contribution in [0.25, 0.3) is 0 Å². The quantitative estimate of drug-likeness (QED) is 0.675. The van der Waals surface area contributed by atoms with Crippen molar-refractivity contribution in [3.63, 3.8) is 0 Å². The van der Waals surface area contributed by atoms with E-state index in [4.69, 9.17) is 5.73 Å². The largest absolute Gasteiger partial charge is 0.346 e. The Hall–Kier alpha value is -1.14. The number of nitrogens with zero attached hydrogens (tertiary/aromatic N) is 2. The summed E-state index contributed by atoms with van der Waals surface area (Å²) in [5, 5.41) is 2.65. The van der Waals surface area contributed by atoms with E-state index in [0.29, 0.717) is 5.92 Å². The lowest BCUT2D eigenvalue weighted by atomic mass is 10.1. The highest BCUT2D eigenvalue weighted by Gasteiger charge is 2.27. The van der Waals surface area contributed by atoms with Gasteiger partial charge in [-0.2, -0.15) is 0 Å². The Morgan fingerprint density at radius 3 is 2.68 bits per heavy atom. The second-order valence-electron chi connectivity index (χ2n) is 6.74. The van der Waals surface area contributed by atoms with Crippen molar-refractivity contribution in [3.8, 4) is 0 Å². The minimum Gasteiger partial charge on any atom is -0.346 e. The lowest BCUT2D eigenvalue weighted by molar-refractivity contribution is -0.132. The number of nitrogens with two attached hydrogens (primary N) is 1. The molecule has 1 heterocycles. The fourth-order valence-electron chi connectivity index (χ4n) is 2.82. The minimum absolute atomic E-state index is 0.00930. The topological polar surface area (TPSA) is 78.7 Å². The fraction of sp³-hybridized carbons (Fsp3) is 0.875. The highest BCUT2D eigenvalue weighted by Crippen LogP contribution is 2.17. The molecule has 1 fully saturated rings. The lowest BCUT2D eigenvalue weighted by Crippen LogP contribution is -2.47. The molecule has 0 aromatic rings. The summed E-state index contributed by atoms with van der Waals surface area (Å²) < 4.78 is 0. The Bertz CT molecular complexity index is 373. The normalized spacial score (nSPS) is 19.8. The van der Waals surface area contributed by atoms with Crippen LogP contribution in [-0.2, 0) is 9.59 Å². The summed E-state index contributed by atoms with van der Waals surface area (Å²) in [5.74, 6) is 0.348. The molecule has 2 atom stereocenters. The van der Waals surface area contributed by atoms with Gasteiger partial charge < -0.3 is 20.9 Å². The molecule has 2 amide bonds. The van der Waals surface area contributed by atoms with Crippen molar-refractivity contribution in [2.24, 2.45) is 17.6 Å². The van der Waals surface area contributed by atoms with Crippen LogP contribution in [0.4, 0.5) is 0 Å². The van der Waals surface area contributed by atoms with Gasteiger partial charge in [0.15, 0.2) is 0 Å². The van der Waals surface area contributed by atoms with Gasteiger partial charge in [-0.1, -0.05) is 20.8 Å². The van der Waals surface area contributed by atoms with Crippen molar-refractivity contribution in [2.75, 3.05) is 39.8 Å². The molecule has 128 valence electrons.